The Balaban J connectivity index is 1.90. The lowest BCUT2D eigenvalue weighted by Crippen LogP contribution is -2.18. The lowest BCUT2D eigenvalue weighted by molar-refractivity contribution is 0.142. The molecule has 0 saturated heterocycles. The van der Waals surface area contributed by atoms with Crippen molar-refractivity contribution in [3.05, 3.63) is 29.8 Å². The summed E-state index contributed by atoms with van der Waals surface area (Å²) in [5.74, 6) is 1.56. The van der Waals surface area contributed by atoms with Crippen LogP contribution in [0.4, 0.5) is 0 Å². The molecule has 1 aliphatic heterocycles. The molecule has 1 aliphatic rings. The highest BCUT2D eigenvalue weighted by Crippen LogP contribution is 2.37. The number of para-hydroxylation sites is 1. The van der Waals surface area contributed by atoms with Crippen LogP contribution in [0, 0.1) is 0 Å². The van der Waals surface area contributed by atoms with Gasteiger partial charge in [-0.3, -0.25) is 0 Å². The van der Waals surface area contributed by atoms with Gasteiger partial charge in [0.2, 0.25) is 0 Å². The number of alkyl halides is 1. The molecule has 0 spiro atoms. The molecule has 0 aromatic heterocycles. The van der Waals surface area contributed by atoms with Gasteiger partial charge in [0.15, 0.2) is 0 Å². The first-order chi connectivity index (χ1) is 8.81. The summed E-state index contributed by atoms with van der Waals surface area (Å²) in [6.45, 7) is 4.34. The van der Waals surface area contributed by atoms with E-state index >= 15 is 0 Å². The van der Waals surface area contributed by atoms with Gasteiger partial charge in [0.25, 0.3) is 0 Å². The Bertz CT molecular complexity index is 367. The van der Waals surface area contributed by atoms with Crippen LogP contribution in [0.1, 0.15) is 37.7 Å². The Hall–Kier alpha value is -0.730. The van der Waals surface area contributed by atoms with Gasteiger partial charge >= 0.3 is 0 Å². The SMILES string of the molecule is CCOCCC(Cl)CC1CCOc2ccccc21. The maximum Gasteiger partial charge on any atom is 0.122 e. The van der Waals surface area contributed by atoms with Crippen LogP contribution in [-0.4, -0.2) is 25.2 Å². The Labute approximate surface area is 114 Å². The normalized spacial score (nSPS) is 20.0. The number of benzene rings is 1. The maximum atomic E-state index is 6.40. The minimum atomic E-state index is 0.188. The number of ether oxygens (including phenoxy) is 2. The van der Waals surface area contributed by atoms with Crippen molar-refractivity contribution < 1.29 is 9.47 Å². The van der Waals surface area contributed by atoms with E-state index in [1.54, 1.807) is 0 Å². The fourth-order valence-corrected chi connectivity index (χ4v) is 2.75. The van der Waals surface area contributed by atoms with Gasteiger partial charge in [0.05, 0.1) is 6.61 Å². The molecule has 0 radical (unpaired) electrons. The number of halogens is 1. The van der Waals surface area contributed by atoms with Crippen molar-refractivity contribution in [2.75, 3.05) is 19.8 Å². The highest BCUT2D eigenvalue weighted by atomic mass is 35.5. The van der Waals surface area contributed by atoms with Crippen molar-refractivity contribution in [3.63, 3.8) is 0 Å². The fourth-order valence-electron chi connectivity index (χ4n) is 2.44. The molecule has 2 atom stereocenters. The first-order valence-electron chi connectivity index (χ1n) is 6.74. The molecule has 1 aromatic carbocycles. The van der Waals surface area contributed by atoms with Crippen molar-refractivity contribution in [1.29, 1.82) is 0 Å². The van der Waals surface area contributed by atoms with E-state index in [-0.39, 0.29) is 5.38 Å². The van der Waals surface area contributed by atoms with Crippen molar-refractivity contribution in [2.24, 2.45) is 0 Å². The number of fused-ring (bicyclic) bond motifs is 1. The van der Waals surface area contributed by atoms with Crippen LogP contribution in [0.5, 0.6) is 5.75 Å². The second-order valence-electron chi connectivity index (χ2n) is 4.69. The zero-order valence-electron chi connectivity index (χ0n) is 10.9. The number of hydrogen-bond acceptors (Lipinski definition) is 2. The highest BCUT2D eigenvalue weighted by molar-refractivity contribution is 6.20. The molecule has 0 N–H and O–H groups in total. The molecule has 18 heavy (non-hydrogen) atoms. The molecule has 3 heteroatoms. The van der Waals surface area contributed by atoms with E-state index in [0.717, 1.165) is 44.8 Å². The van der Waals surface area contributed by atoms with Gasteiger partial charge in [-0.25, -0.2) is 0 Å². The average molecular weight is 269 g/mol. The van der Waals surface area contributed by atoms with Crippen LogP contribution in [0.15, 0.2) is 24.3 Å². The van der Waals surface area contributed by atoms with Crippen molar-refractivity contribution in [1.82, 2.24) is 0 Å². The van der Waals surface area contributed by atoms with Crippen LogP contribution in [0.25, 0.3) is 0 Å². The molecule has 2 rings (SSSR count). The van der Waals surface area contributed by atoms with E-state index in [1.807, 2.05) is 19.1 Å². The maximum absolute atomic E-state index is 6.40. The minimum Gasteiger partial charge on any atom is -0.493 e. The number of rotatable bonds is 6. The third kappa shape index (κ3) is 3.63. The molecular weight excluding hydrogens is 248 g/mol. The standard InChI is InChI=1S/C15H21ClO2/c1-2-17-9-8-13(16)11-12-7-10-18-15-6-4-3-5-14(12)15/h3-6,12-13H,2,7-11H2,1H3. The lowest BCUT2D eigenvalue weighted by atomic mass is 9.88. The molecular formula is C15H21ClO2. The van der Waals surface area contributed by atoms with Gasteiger partial charge in [0.1, 0.15) is 5.75 Å². The summed E-state index contributed by atoms with van der Waals surface area (Å²) < 4.78 is 11.0. The second kappa shape index (κ2) is 7.01. The molecule has 2 nitrogen and oxygen atoms in total. The number of hydrogen-bond donors (Lipinski definition) is 0. The lowest BCUT2D eigenvalue weighted by Gasteiger charge is -2.27. The van der Waals surface area contributed by atoms with Crippen molar-refractivity contribution in [3.8, 4) is 5.75 Å². The molecule has 2 unspecified atom stereocenters. The molecule has 0 amide bonds. The van der Waals surface area contributed by atoms with Gasteiger partial charge in [-0.2, -0.15) is 0 Å². The minimum absolute atomic E-state index is 0.188. The largest absolute Gasteiger partial charge is 0.493 e. The van der Waals surface area contributed by atoms with E-state index in [9.17, 15) is 0 Å². The predicted octanol–water partition coefficient (Wildman–Crippen LogP) is 3.98. The van der Waals surface area contributed by atoms with Gasteiger partial charge < -0.3 is 9.47 Å². The summed E-state index contributed by atoms with van der Waals surface area (Å²) >= 11 is 6.40. The van der Waals surface area contributed by atoms with E-state index in [2.05, 4.69) is 12.1 Å². The average Bonchev–Trinajstić information content (AvgIpc) is 2.39. The quantitative estimate of drug-likeness (QED) is 0.574. The van der Waals surface area contributed by atoms with Crippen molar-refractivity contribution >= 4 is 11.6 Å². The fraction of sp³-hybridized carbons (Fsp3) is 0.600. The van der Waals surface area contributed by atoms with Crippen LogP contribution < -0.4 is 4.74 Å². The zero-order chi connectivity index (χ0) is 12.8. The van der Waals surface area contributed by atoms with Crippen LogP contribution in [0.3, 0.4) is 0 Å². The summed E-state index contributed by atoms with van der Waals surface area (Å²) in [5.41, 5.74) is 1.31. The Morgan fingerprint density at radius 1 is 1.44 bits per heavy atom. The first kappa shape index (κ1) is 13.7. The molecule has 1 aromatic rings. The third-order valence-electron chi connectivity index (χ3n) is 3.40. The Morgan fingerprint density at radius 2 is 2.28 bits per heavy atom. The molecule has 0 bridgehead atoms. The molecule has 0 aliphatic carbocycles. The van der Waals surface area contributed by atoms with Gasteiger partial charge in [-0.1, -0.05) is 18.2 Å². The summed E-state index contributed by atoms with van der Waals surface area (Å²) in [7, 11) is 0. The highest BCUT2D eigenvalue weighted by Gasteiger charge is 2.23. The van der Waals surface area contributed by atoms with E-state index in [1.165, 1.54) is 5.56 Å². The zero-order valence-corrected chi connectivity index (χ0v) is 11.7. The van der Waals surface area contributed by atoms with Crippen LogP contribution in [-0.2, 0) is 4.74 Å². The van der Waals surface area contributed by atoms with Crippen molar-refractivity contribution in [2.45, 2.75) is 37.5 Å². The van der Waals surface area contributed by atoms with Crippen LogP contribution >= 0.6 is 11.6 Å². The monoisotopic (exact) mass is 268 g/mol. The third-order valence-corrected chi connectivity index (χ3v) is 3.80. The summed E-state index contributed by atoms with van der Waals surface area (Å²) in [6, 6.07) is 8.30. The molecule has 1 heterocycles. The molecule has 0 saturated carbocycles. The van der Waals surface area contributed by atoms with E-state index < -0.39 is 0 Å². The van der Waals surface area contributed by atoms with E-state index in [4.69, 9.17) is 21.1 Å². The smallest absolute Gasteiger partial charge is 0.122 e. The van der Waals surface area contributed by atoms with E-state index in [0.29, 0.717) is 5.92 Å². The Kier molecular flexibility index (Phi) is 5.33. The molecule has 100 valence electrons. The summed E-state index contributed by atoms with van der Waals surface area (Å²) in [4.78, 5) is 0. The Morgan fingerprint density at radius 3 is 3.11 bits per heavy atom. The van der Waals surface area contributed by atoms with Gasteiger partial charge in [-0.05, 0) is 43.7 Å². The summed E-state index contributed by atoms with van der Waals surface area (Å²) in [6.07, 6.45) is 3.00. The van der Waals surface area contributed by atoms with Gasteiger partial charge in [0, 0.05) is 18.6 Å². The van der Waals surface area contributed by atoms with Crippen LogP contribution in [0.2, 0.25) is 0 Å². The summed E-state index contributed by atoms with van der Waals surface area (Å²) in [5, 5.41) is 0.188. The topological polar surface area (TPSA) is 18.5 Å². The second-order valence-corrected chi connectivity index (χ2v) is 5.31. The first-order valence-corrected chi connectivity index (χ1v) is 7.18. The van der Waals surface area contributed by atoms with Gasteiger partial charge in [-0.15, -0.1) is 11.6 Å². The predicted molar refractivity (Wildman–Crippen MR) is 74.7 cm³/mol. The molecule has 0 fully saturated rings.